The third-order valence-corrected chi connectivity index (χ3v) is 5.78. The van der Waals surface area contributed by atoms with Crippen LogP contribution in [0.2, 0.25) is 5.02 Å². The van der Waals surface area contributed by atoms with Crippen LogP contribution in [0.25, 0.3) is 0 Å². The van der Waals surface area contributed by atoms with Crippen LogP contribution in [0.5, 0.6) is 0 Å². The van der Waals surface area contributed by atoms with E-state index in [9.17, 15) is 8.42 Å². The Balaban J connectivity index is 1.97. The maximum absolute atomic E-state index is 12.7. The van der Waals surface area contributed by atoms with Gasteiger partial charge in [0.25, 0.3) is 0 Å². The van der Waals surface area contributed by atoms with E-state index in [-0.39, 0.29) is 4.90 Å². The van der Waals surface area contributed by atoms with Gasteiger partial charge in [0.05, 0.1) is 4.90 Å². The van der Waals surface area contributed by atoms with Crippen molar-refractivity contribution in [2.75, 3.05) is 12.3 Å². The van der Waals surface area contributed by atoms with Gasteiger partial charge in [0.15, 0.2) is 0 Å². The fraction of sp³-hybridized carbons (Fsp3) is 0.200. The Labute approximate surface area is 129 Å². The quantitative estimate of drug-likeness (QED) is 0.865. The van der Waals surface area contributed by atoms with Gasteiger partial charge < -0.3 is 5.73 Å². The summed E-state index contributed by atoms with van der Waals surface area (Å²) in [5.74, 6) is 0. The number of anilines is 1. The van der Waals surface area contributed by atoms with Crippen molar-refractivity contribution >= 4 is 27.3 Å². The molecule has 0 radical (unpaired) electrons. The highest BCUT2D eigenvalue weighted by atomic mass is 35.5. The van der Waals surface area contributed by atoms with Crippen molar-refractivity contribution in [3.05, 3.63) is 58.6 Å². The van der Waals surface area contributed by atoms with Crippen molar-refractivity contribution in [2.45, 2.75) is 17.9 Å². The van der Waals surface area contributed by atoms with E-state index in [0.29, 0.717) is 30.2 Å². The minimum atomic E-state index is -3.55. The Bertz CT molecular complexity index is 790. The number of hydrogen-bond acceptors (Lipinski definition) is 3. The SMILES string of the molecule is Nc1cccc2c1CN(S(=O)(=O)c1cccc(Cl)c1)CC2. The number of fused-ring (bicyclic) bond motifs is 1. The molecule has 0 aromatic heterocycles. The predicted octanol–water partition coefficient (Wildman–Crippen LogP) is 2.67. The molecule has 0 spiro atoms. The molecule has 2 aromatic rings. The number of nitrogens with two attached hydrogens (primary N) is 1. The van der Waals surface area contributed by atoms with E-state index in [2.05, 4.69) is 0 Å². The van der Waals surface area contributed by atoms with Crippen LogP contribution < -0.4 is 5.73 Å². The van der Waals surface area contributed by atoms with Crippen molar-refractivity contribution in [1.82, 2.24) is 4.31 Å². The van der Waals surface area contributed by atoms with Crippen molar-refractivity contribution in [3.63, 3.8) is 0 Å². The lowest BCUT2D eigenvalue weighted by Gasteiger charge is -2.29. The first-order valence-electron chi connectivity index (χ1n) is 6.60. The molecule has 1 aliphatic heterocycles. The molecule has 0 saturated carbocycles. The van der Waals surface area contributed by atoms with Crippen LogP contribution in [0.1, 0.15) is 11.1 Å². The first-order valence-corrected chi connectivity index (χ1v) is 8.42. The van der Waals surface area contributed by atoms with Crippen LogP contribution in [0.3, 0.4) is 0 Å². The zero-order valence-electron chi connectivity index (χ0n) is 11.3. The molecule has 0 bridgehead atoms. The van der Waals surface area contributed by atoms with Gasteiger partial charge in [-0.25, -0.2) is 8.42 Å². The lowest BCUT2D eigenvalue weighted by Crippen LogP contribution is -2.36. The fourth-order valence-corrected chi connectivity index (χ4v) is 4.27. The van der Waals surface area contributed by atoms with Gasteiger partial charge in [-0.15, -0.1) is 0 Å². The maximum atomic E-state index is 12.7. The number of nitrogen functional groups attached to an aromatic ring is 1. The monoisotopic (exact) mass is 322 g/mol. The summed E-state index contributed by atoms with van der Waals surface area (Å²) in [4.78, 5) is 0.216. The average molecular weight is 323 g/mol. The van der Waals surface area contributed by atoms with Crippen LogP contribution in [-0.2, 0) is 23.0 Å². The first-order chi connectivity index (χ1) is 9.98. The van der Waals surface area contributed by atoms with Gasteiger partial charge in [-0.3, -0.25) is 0 Å². The molecule has 110 valence electrons. The molecule has 0 atom stereocenters. The van der Waals surface area contributed by atoms with Gasteiger partial charge in [-0.2, -0.15) is 4.31 Å². The van der Waals surface area contributed by atoms with Crippen LogP contribution in [0.15, 0.2) is 47.4 Å². The van der Waals surface area contributed by atoms with Gasteiger partial charge in [-0.1, -0.05) is 29.8 Å². The molecule has 0 fully saturated rings. The molecule has 3 rings (SSSR count). The zero-order valence-corrected chi connectivity index (χ0v) is 12.9. The van der Waals surface area contributed by atoms with E-state index in [1.807, 2.05) is 12.1 Å². The third-order valence-electron chi connectivity index (χ3n) is 3.71. The smallest absolute Gasteiger partial charge is 0.243 e. The minimum absolute atomic E-state index is 0.216. The molecule has 2 aromatic carbocycles. The molecule has 0 unspecified atom stereocenters. The van der Waals surface area contributed by atoms with E-state index >= 15 is 0 Å². The minimum Gasteiger partial charge on any atom is -0.398 e. The summed E-state index contributed by atoms with van der Waals surface area (Å²) in [6, 6.07) is 12.0. The van der Waals surface area contributed by atoms with E-state index in [0.717, 1.165) is 11.1 Å². The second-order valence-corrected chi connectivity index (χ2v) is 7.41. The highest BCUT2D eigenvalue weighted by Crippen LogP contribution is 2.28. The van der Waals surface area contributed by atoms with Crippen molar-refractivity contribution in [3.8, 4) is 0 Å². The van der Waals surface area contributed by atoms with Gasteiger partial charge in [-0.05, 0) is 41.8 Å². The average Bonchev–Trinajstić information content (AvgIpc) is 2.47. The summed E-state index contributed by atoms with van der Waals surface area (Å²) >= 11 is 5.89. The Morgan fingerprint density at radius 1 is 1.14 bits per heavy atom. The lowest BCUT2D eigenvalue weighted by molar-refractivity contribution is 0.392. The Morgan fingerprint density at radius 3 is 2.67 bits per heavy atom. The van der Waals surface area contributed by atoms with Crippen molar-refractivity contribution < 1.29 is 8.42 Å². The summed E-state index contributed by atoms with van der Waals surface area (Å²) in [6.07, 6.45) is 0.667. The molecule has 4 nitrogen and oxygen atoms in total. The number of rotatable bonds is 2. The fourth-order valence-electron chi connectivity index (χ4n) is 2.56. The molecular formula is C15H15ClN2O2S. The van der Waals surface area contributed by atoms with Crippen LogP contribution in [0.4, 0.5) is 5.69 Å². The van der Waals surface area contributed by atoms with Crippen molar-refractivity contribution in [2.24, 2.45) is 0 Å². The van der Waals surface area contributed by atoms with Gasteiger partial charge in [0.2, 0.25) is 10.0 Å². The number of nitrogens with zero attached hydrogens (tertiary/aromatic N) is 1. The van der Waals surface area contributed by atoms with Gasteiger partial charge in [0.1, 0.15) is 0 Å². The molecule has 6 heteroatoms. The Kier molecular flexibility index (Phi) is 3.65. The zero-order chi connectivity index (χ0) is 15.0. The largest absolute Gasteiger partial charge is 0.398 e. The standard InChI is InChI=1S/C15H15ClN2O2S/c16-12-4-2-5-13(9-12)21(19,20)18-8-7-11-3-1-6-15(17)14(11)10-18/h1-6,9H,7-8,10,17H2. The van der Waals surface area contributed by atoms with Crippen LogP contribution in [-0.4, -0.2) is 19.3 Å². The topological polar surface area (TPSA) is 63.4 Å². The number of hydrogen-bond donors (Lipinski definition) is 1. The second-order valence-electron chi connectivity index (χ2n) is 5.03. The molecule has 0 aliphatic carbocycles. The molecule has 0 saturated heterocycles. The number of benzene rings is 2. The molecule has 0 amide bonds. The van der Waals surface area contributed by atoms with Crippen LogP contribution in [0, 0.1) is 0 Å². The highest BCUT2D eigenvalue weighted by molar-refractivity contribution is 7.89. The van der Waals surface area contributed by atoms with E-state index in [1.165, 1.54) is 10.4 Å². The normalized spacial score (nSPS) is 15.7. The summed E-state index contributed by atoms with van der Waals surface area (Å²) in [5, 5.41) is 0.410. The van der Waals surface area contributed by atoms with E-state index in [1.54, 1.807) is 24.3 Å². The number of halogens is 1. The van der Waals surface area contributed by atoms with E-state index < -0.39 is 10.0 Å². The van der Waals surface area contributed by atoms with Crippen LogP contribution >= 0.6 is 11.6 Å². The highest BCUT2D eigenvalue weighted by Gasteiger charge is 2.29. The summed E-state index contributed by atoms with van der Waals surface area (Å²) in [7, 11) is -3.55. The summed E-state index contributed by atoms with van der Waals surface area (Å²) < 4.78 is 26.8. The van der Waals surface area contributed by atoms with Gasteiger partial charge >= 0.3 is 0 Å². The molecule has 1 heterocycles. The summed E-state index contributed by atoms with van der Waals surface area (Å²) in [6.45, 7) is 0.752. The molecular weight excluding hydrogens is 308 g/mol. The van der Waals surface area contributed by atoms with E-state index in [4.69, 9.17) is 17.3 Å². The summed E-state index contributed by atoms with van der Waals surface area (Å²) in [5.41, 5.74) is 8.62. The first kappa shape index (κ1) is 14.4. The maximum Gasteiger partial charge on any atom is 0.243 e. The van der Waals surface area contributed by atoms with Gasteiger partial charge in [0, 0.05) is 23.8 Å². The molecule has 21 heavy (non-hydrogen) atoms. The third kappa shape index (κ3) is 2.64. The van der Waals surface area contributed by atoms with Crippen molar-refractivity contribution in [1.29, 1.82) is 0 Å². The Hall–Kier alpha value is -1.56. The molecule has 1 aliphatic rings. The Morgan fingerprint density at radius 2 is 1.90 bits per heavy atom. The molecule has 2 N–H and O–H groups in total. The number of sulfonamides is 1. The second kappa shape index (κ2) is 5.33. The lowest BCUT2D eigenvalue weighted by atomic mass is 10.00. The predicted molar refractivity (Wildman–Crippen MR) is 83.6 cm³/mol.